The molecule has 0 spiro atoms. The lowest BCUT2D eigenvalue weighted by Crippen LogP contribution is -2.22. The number of benzene rings is 1. The Labute approximate surface area is 128 Å². The number of nitrogens with one attached hydrogen (secondary N) is 1. The van der Waals surface area contributed by atoms with E-state index in [1.54, 1.807) is 0 Å². The summed E-state index contributed by atoms with van der Waals surface area (Å²) in [6.45, 7) is 5.76. The summed E-state index contributed by atoms with van der Waals surface area (Å²) in [5.74, 6) is 1.81. The van der Waals surface area contributed by atoms with Gasteiger partial charge >= 0.3 is 0 Å². The molecule has 1 atom stereocenters. The minimum absolute atomic E-state index is 0.0666. The van der Waals surface area contributed by atoms with Crippen molar-refractivity contribution in [3.63, 3.8) is 0 Å². The second-order valence-corrected chi connectivity index (χ2v) is 5.31. The van der Waals surface area contributed by atoms with Gasteiger partial charge in [0, 0.05) is 0 Å². The van der Waals surface area contributed by atoms with Crippen LogP contribution in [0.1, 0.15) is 37.6 Å². The number of rotatable bonds is 7. The summed E-state index contributed by atoms with van der Waals surface area (Å²) in [7, 11) is 0. The zero-order valence-corrected chi connectivity index (χ0v) is 13.4. The highest BCUT2D eigenvalue weighted by Crippen LogP contribution is 2.27. The molecule has 1 N–H and O–H groups in total. The lowest BCUT2D eigenvalue weighted by Gasteiger charge is -2.17. The lowest BCUT2D eigenvalue weighted by atomic mass is 10.0. The first-order chi connectivity index (χ1) is 9.74. The molecule has 0 saturated carbocycles. The highest BCUT2D eigenvalue weighted by Gasteiger charge is 2.17. The summed E-state index contributed by atoms with van der Waals surface area (Å²) < 4.78 is 11.9. The van der Waals surface area contributed by atoms with E-state index in [1.807, 2.05) is 31.2 Å². The first-order valence-electron chi connectivity index (χ1n) is 6.96. The summed E-state index contributed by atoms with van der Waals surface area (Å²) in [5, 5.41) is 3.51. The van der Waals surface area contributed by atoms with Crippen LogP contribution in [0.4, 0.5) is 0 Å². The van der Waals surface area contributed by atoms with Crippen LogP contribution in [0, 0.1) is 0 Å². The maximum absolute atomic E-state index is 5.70. The summed E-state index contributed by atoms with van der Waals surface area (Å²) in [6, 6.07) is 12.1. The average molecular weight is 338 g/mol. The van der Waals surface area contributed by atoms with Crippen molar-refractivity contribution >= 4 is 15.9 Å². The summed E-state index contributed by atoms with van der Waals surface area (Å²) in [4.78, 5) is 0. The Bertz CT molecular complexity index is 522. The van der Waals surface area contributed by atoms with Crippen LogP contribution in [0.25, 0.3) is 0 Å². The van der Waals surface area contributed by atoms with Gasteiger partial charge in [0.15, 0.2) is 4.67 Å². The normalized spacial score (nSPS) is 12.3. The van der Waals surface area contributed by atoms with Crippen LogP contribution in [0.2, 0.25) is 0 Å². The molecule has 2 aromatic rings. The predicted octanol–water partition coefficient (Wildman–Crippen LogP) is 4.53. The Balaban J connectivity index is 2.21. The van der Waals surface area contributed by atoms with Crippen LogP contribution in [0.15, 0.2) is 45.5 Å². The predicted molar refractivity (Wildman–Crippen MR) is 84.2 cm³/mol. The fourth-order valence-corrected chi connectivity index (χ4v) is 2.40. The van der Waals surface area contributed by atoms with E-state index in [2.05, 4.69) is 40.3 Å². The minimum atomic E-state index is 0.0666. The molecular formula is C16H20BrNO2. The lowest BCUT2D eigenvalue weighted by molar-refractivity contribution is 0.340. The molecule has 1 aromatic heterocycles. The smallest absolute Gasteiger partial charge is 0.169 e. The average Bonchev–Trinajstić information content (AvgIpc) is 2.88. The Morgan fingerprint density at radius 3 is 2.45 bits per heavy atom. The Hall–Kier alpha value is -1.26. The summed E-state index contributed by atoms with van der Waals surface area (Å²) >= 11 is 3.36. The van der Waals surface area contributed by atoms with E-state index < -0.39 is 0 Å². The topological polar surface area (TPSA) is 34.4 Å². The third-order valence-corrected chi connectivity index (χ3v) is 3.43. The molecule has 0 fully saturated rings. The van der Waals surface area contributed by atoms with Crippen molar-refractivity contribution in [3.05, 3.63) is 52.4 Å². The van der Waals surface area contributed by atoms with Crippen LogP contribution in [-0.4, -0.2) is 13.2 Å². The largest absolute Gasteiger partial charge is 0.494 e. The molecule has 1 unspecified atom stereocenters. The molecule has 0 saturated heterocycles. The van der Waals surface area contributed by atoms with E-state index in [0.717, 1.165) is 29.1 Å². The number of ether oxygens (including phenoxy) is 1. The van der Waals surface area contributed by atoms with Gasteiger partial charge in [-0.15, -0.1) is 0 Å². The molecule has 0 aliphatic rings. The van der Waals surface area contributed by atoms with Gasteiger partial charge in [-0.05, 0) is 65.6 Å². The molecule has 0 aliphatic heterocycles. The molecule has 0 aliphatic carbocycles. The van der Waals surface area contributed by atoms with E-state index in [9.17, 15) is 0 Å². The maximum Gasteiger partial charge on any atom is 0.169 e. The second-order valence-electron chi connectivity index (χ2n) is 4.53. The van der Waals surface area contributed by atoms with E-state index in [0.29, 0.717) is 6.61 Å². The number of hydrogen-bond acceptors (Lipinski definition) is 3. The molecule has 4 heteroatoms. The minimum Gasteiger partial charge on any atom is -0.494 e. The van der Waals surface area contributed by atoms with Crippen molar-refractivity contribution in [2.75, 3.05) is 13.2 Å². The fraction of sp³-hybridized carbons (Fsp3) is 0.375. The van der Waals surface area contributed by atoms with E-state index in [-0.39, 0.29) is 6.04 Å². The molecule has 0 bridgehead atoms. The monoisotopic (exact) mass is 337 g/mol. The fourth-order valence-electron chi connectivity index (χ4n) is 2.08. The molecule has 1 heterocycles. The van der Waals surface area contributed by atoms with E-state index in [1.165, 1.54) is 5.56 Å². The third-order valence-electron chi connectivity index (χ3n) is 3.00. The van der Waals surface area contributed by atoms with Crippen LogP contribution in [0.5, 0.6) is 5.75 Å². The standard InChI is InChI=1S/C16H20BrNO2/c1-3-11-18-16(14-9-10-15(17)20-14)12-5-7-13(8-6-12)19-4-2/h5-10,16,18H,3-4,11H2,1-2H3. The van der Waals surface area contributed by atoms with Crippen molar-refractivity contribution in [1.29, 1.82) is 0 Å². The zero-order valence-electron chi connectivity index (χ0n) is 11.9. The molecule has 108 valence electrons. The Morgan fingerprint density at radius 1 is 1.15 bits per heavy atom. The third kappa shape index (κ3) is 3.87. The van der Waals surface area contributed by atoms with E-state index in [4.69, 9.17) is 9.15 Å². The maximum atomic E-state index is 5.70. The first-order valence-corrected chi connectivity index (χ1v) is 7.75. The van der Waals surface area contributed by atoms with Crippen LogP contribution >= 0.6 is 15.9 Å². The van der Waals surface area contributed by atoms with Crippen LogP contribution in [0.3, 0.4) is 0 Å². The summed E-state index contributed by atoms with van der Waals surface area (Å²) in [6.07, 6.45) is 1.08. The van der Waals surface area contributed by atoms with Gasteiger partial charge in [0.1, 0.15) is 11.5 Å². The molecular weight excluding hydrogens is 318 g/mol. The highest BCUT2D eigenvalue weighted by atomic mass is 79.9. The number of furan rings is 1. The summed E-state index contributed by atoms with van der Waals surface area (Å²) in [5.41, 5.74) is 1.17. The molecule has 1 aromatic carbocycles. The molecule has 3 nitrogen and oxygen atoms in total. The second kappa shape index (κ2) is 7.50. The van der Waals surface area contributed by atoms with Crippen molar-refractivity contribution in [2.45, 2.75) is 26.3 Å². The number of hydrogen-bond donors (Lipinski definition) is 1. The quantitative estimate of drug-likeness (QED) is 0.805. The van der Waals surface area contributed by atoms with Crippen molar-refractivity contribution < 1.29 is 9.15 Å². The number of halogens is 1. The van der Waals surface area contributed by atoms with Gasteiger partial charge < -0.3 is 14.5 Å². The molecule has 2 rings (SSSR count). The van der Waals surface area contributed by atoms with Crippen LogP contribution in [-0.2, 0) is 0 Å². The highest BCUT2D eigenvalue weighted by molar-refractivity contribution is 9.10. The molecule has 0 radical (unpaired) electrons. The zero-order chi connectivity index (χ0) is 14.4. The van der Waals surface area contributed by atoms with Crippen molar-refractivity contribution in [1.82, 2.24) is 5.32 Å². The van der Waals surface area contributed by atoms with Gasteiger partial charge in [0.25, 0.3) is 0 Å². The SMILES string of the molecule is CCCNC(c1ccc(OCC)cc1)c1ccc(Br)o1. The van der Waals surface area contributed by atoms with Crippen molar-refractivity contribution in [3.8, 4) is 5.75 Å². The van der Waals surface area contributed by atoms with Crippen molar-refractivity contribution in [2.24, 2.45) is 0 Å². The van der Waals surface area contributed by atoms with Crippen LogP contribution < -0.4 is 10.1 Å². The Morgan fingerprint density at radius 2 is 1.90 bits per heavy atom. The van der Waals surface area contributed by atoms with Gasteiger partial charge in [0.05, 0.1) is 12.6 Å². The van der Waals surface area contributed by atoms with E-state index >= 15 is 0 Å². The van der Waals surface area contributed by atoms with Gasteiger partial charge in [-0.2, -0.15) is 0 Å². The van der Waals surface area contributed by atoms with Gasteiger partial charge in [-0.3, -0.25) is 0 Å². The van der Waals surface area contributed by atoms with Gasteiger partial charge in [0.2, 0.25) is 0 Å². The Kier molecular flexibility index (Phi) is 5.68. The molecule has 0 amide bonds. The van der Waals surface area contributed by atoms with Gasteiger partial charge in [-0.25, -0.2) is 0 Å². The van der Waals surface area contributed by atoms with Gasteiger partial charge in [-0.1, -0.05) is 19.1 Å². The molecule has 20 heavy (non-hydrogen) atoms. The first kappa shape index (κ1) is 15.1.